The van der Waals surface area contributed by atoms with Crippen molar-refractivity contribution in [3.05, 3.63) is 84.4 Å². The highest BCUT2D eigenvalue weighted by Gasteiger charge is 2.18. The summed E-state index contributed by atoms with van der Waals surface area (Å²) in [4.78, 5) is 37.2. The molecule has 3 aromatic rings. The van der Waals surface area contributed by atoms with Crippen LogP contribution >= 0.6 is 11.8 Å². The summed E-state index contributed by atoms with van der Waals surface area (Å²) in [5.74, 6) is -0.336. The van der Waals surface area contributed by atoms with Gasteiger partial charge in [-0.1, -0.05) is 43.3 Å². The van der Waals surface area contributed by atoms with Gasteiger partial charge < -0.3 is 16.0 Å². The zero-order valence-corrected chi connectivity index (χ0v) is 19.4. The fourth-order valence-electron chi connectivity index (χ4n) is 3.18. The van der Waals surface area contributed by atoms with E-state index in [1.54, 1.807) is 24.3 Å². The van der Waals surface area contributed by atoms with Crippen molar-refractivity contribution in [3.63, 3.8) is 0 Å². The van der Waals surface area contributed by atoms with Crippen LogP contribution in [-0.2, 0) is 20.8 Å². The van der Waals surface area contributed by atoms with Crippen LogP contribution in [0.1, 0.15) is 25.8 Å². The van der Waals surface area contributed by atoms with Crippen molar-refractivity contribution in [3.8, 4) is 0 Å². The van der Waals surface area contributed by atoms with E-state index in [-0.39, 0.29) is 23.0 Å². The molecule has 0 heterocycles. The molecule has 0 aliphatic carbocycles. The predicted molar refractivity (Wildman–Crippen MR) is 135 cm³/mol. The van der Waals surface area contributed by atoms with Crippen molar-refractivity contribution in [2.45, 2.75) is 36.8 Å². The first-order valence-corrected chi connectivity index (χ1v) is 11.6. The number of anilines is 3. The molecule has 3 N–H and O–H groups in total. The van der Waals surface area contributed by atoms with E-state index in [1.165, 1.54) is 18.7 Å². The smallest absolute Gasteiger partial charge is 0.237 e. The normalized spacial score (nSPS) is 11.3. The summed E-state index contributed by atoms with van der Waals surface area (Å²) in [6.07, 6.45) is 0.948. The Hall–Kier alpha value is -3.58. The van der Waals surface area contributed by atoms with Crippen LogP contribution in [0.15, 0.2) is 83.8 Å². The number of carbonyl (C=O) groups excluding carboxylic acids is 3. The van der Waals surface area contributed by atoms with Gasteiger partial charge >= 0.3 is 0 Å². The molecule has 0 aromatic heterocycles. The summed E-state index contributed by atoms with van der Waals surface area (Å²) in [5, 5.41) is 8.26. The Labute approximate surface area is 198 Å². The molecule has 7 heteroatoms. The third-order valence-electron chi connectivity index (χ3n) is 4.74. The van der Waals surface area contributed by atoms with E-state index in [2.05, 4.69) is 16.0 Å². The zero-order chi connectivity index (χ0) is 23.6. The Morgan fingerprint density at radius 1 is 0.788 bits per heavy atom. The predicted octanol–water partition coefficient (Wildman–Crippen LogP) is 5.34. The molecule has 3 rings (SSSR count). The van der Waals surface area contributed by atoms with Crippen molar-refractivity contribution in [2.24, 2.45) is 0 Å². The maximum Gasteiger partial charge on any atom is 0.237 e. The minimum Gasteiger partial charge on any atom is -0.326 e. The number of hydrogen-bond acceptors (Lipinski definition) is 4. The minimum absolute atomic E-state index is 0.0872. The number of thioether (sulfide) groups is 1. The van der Waals surface area contributed by atoms with E-state index in [1.807, 2.05) is 61.5 Å². The van der Waals surface area contributed by atoms with Gasteiger partial charge in [-0.25, -0.2) is 0 Å². The van der Waals surface area contributed by atoms with Gasteiger partial charge in [0.2, 0.25) is 17.7 Å². The Bertz CT molecular complexity index is 1100. The van der Waals surface area contributed by atoms with E-state index >= 15 is 0 Å². The lowest BCUT2D eigenvalue weighted by atomic mass is 10.1. The highest BCUT2D eigenvalue weighted by atomic mass is 32.2. The van der Waals surface area contributed by atoms with Gasteiger partial charge in [0.05, 0.1) is 11.7 Å². The average Bonchev–Trinajstić information content (AvgIpc) is 2.79. The second-order valence-electron chi connectivity index (χ2n) is 7.50. The second kappa shape index (κ2) is 11.9. The molecule has 0 saturated heterocycles. The molecule has 3 amide bonds. The molecule has 0 radical (unpaired) electrons. The van der Waals surface area contributed by atoms with Crippen molar-refractivity contribution in [1.29, 1.82) is 0 Å². The molecule has 0 bridgehead atoms. The molecule has 0 saturated carbocycles. The number of carbonyl (C=O) groups is 3. The van der Waals surface area contributed by atoms with Gasteiger partial charge in [0.15, 0.2) is 0 Å². The summed E-state index contributed by atoms with van der Waals surface area (Å²) in [6.45, 7) is 3.41. The Kier molecular flexibility index (Phi) is 8.66. The second-order valence-corrected chi connectivity index (χ2v) is 8.78. The molecule has 3 aromatic carbocycles. The lowest BCUT2D eigenvalue weighted by molar-refractivity contribution is -0.116. The molecular weight excluding hydrogens is 434 g/mol. The highest BCUT2D eigenvalue weighted by Crippen LogP contribution is 2.29. The molecule has 0 aliphatic heterocycles. The van der Waals surface area contributed by atoms with Gasteiger partial charge in [-0.3, -0.25) is 14.4 Å². The lowest BCUT2D eigenvalue weighted by Gasteiger charge is -2.16. The molecule has 170 valence electrons. The minimum atomic E-state index is -0.296. The van der Waals surface area contributed by atoms with Crippen LogP contribution in [0.25, 0.3) is 0 Å². The molecule has 33 heavy (non-hydrogen) atoms. The van der Waals surface area contributed by atoms with Crippen LogP contribution < -0.4 is 16.0 Å². The van der Waals surface area contributed by atoms with Crippen LogP contribution in [0.3, 0.4) is 0 Å². The monoisotopic (exact) mass is 461 g/mol. The molecule has 1 atom stereocenters. The van der Waals surface area contributed by atoms with Gasteiger partial charge in [-0.05, 0) is 54.4 Å². The number of hydrogen-bond donors (Lipinski definition) is 3. The molecule has 0 spiro atoms. The van der Waals surface area contributed by atoms with E-state index in [0.29, 0.717) is 29.9 Å². The zero-order valence-electron chi connectivity index (χ0n) is 18.6. The Balaban J connectivity index is 1.58. The van der Waals surface area contributed by atoms with Crippen molar-refractivity contribution >= 4 is 46.5 Å². The fourth-order valence-corrected chi connectivity index (χ4v) is 4.20. The lowest BCUT2D eigenvalue weighted by Crippen LogP contribution is -2.24. The third-order valence-corrected chi connectivity index (χ3v) is 6.10. The molecule has 0 aliphatic rings. The Morgan fingerprint density at radius 3 is 2.09 bits per heavy atom. The number of rotatable bonds is 9. The summed E-state index contributed by atoms with van der Waals surface area (Å²) in [7, 11) is 0. The summed E-state index contributed by atoms with van der Waals surface area (Å²) >= 11 is 1.45. The van der Waals surface area contributed by atoms with Crippen LogP contribution in [0.4, 0.5) is 17.1 Å². The maximum absolute atomic E-state index is 12.8. The van der Waals surface area contributed by atoms with E-state index in [0.717, 1.165) is 10.5 Å². The Morgan fingerprint density at radius 2 is 1.45 bits per heavy atom. The van der Waals surface area contributed by atoms with Crippen LogP contribution in [0.5, 0.6) is 0 Å². The van der Waals surface area contributed by atoms with Gasteiger partial charge in [-0.2, -0.15) is 0 Å². The summed E-state index contributed by atoms with van der Waals surface area (Å²) in [5.41, 5.74) is 2.99. The SMILES string of the molecule is CCC(Sc1cccc(NC(=O)Cc2ccccc2)c1)C(=O)Nc1ccc(NC(C)=O)cc1. The van der Waals surface area contributed by atoms with E-state index in [9.17, 15) is 14.4 Å². The first-order chi connectivity index (χ1) is 15.9. The first-order valence-electron chi connectivity index (χ1n) is 10.7. The van der Waals surface area contributed by atoms with Crippen LogP contribution in [0.2, 0.25) is 0 Å². The largest absolute Gasteiger partial charge is 0.326 e. The van der Waals surface area contributed by atoms with Crippen molar-refractivity contribution < 1.29 is 14.4 Å². The van der Waals surface area contributed by atoms with Gasteiger partial charge in [0, 0.05) is 28.9 Å². The standard InChI is InChI=1S/C26H27N3O3S/c1-3-24(26(32)29-21-14-12-20(13-15-21)27-18(2)30)33-23-11-7-10-22(17-23)28-25(31)16-19-8-5-4-6-9-19/h4-15,17,24H,3,16H2,1-2H3,(H,27,30)(H,28,31)(H,29,32). The number of amides is 3. The van der Waals surface area contributed by atoms with Gasteiger partial charge in [0.25, 0.3) is 0 Å². The quantitative estimate of drug-likeness (QED) is 0.376. The summed E-state index contributed by atoms with van der Waals surface area (Å²) in [6, 6.07) is 24.1. The maximum atomic E-state index is 12.8. The van der Waals surface area contributed by atoms with Gasteiger partial charge in [-0.15, -0.1) is 11.8 Å². The number of nitrogens with one attached hydrogen (secondary N) is 3. The van der Waals surface area contributed by atoms with Crippen LogP contribution in [-0.4, -0.2) is 23.0 Å². The van der Waals surface area contributed by atoms with Crippen LogP contribution in [0, 0.1) is 0 Å². The third kappa shape index (κ3) is 7.80. The van der Waals surface area contributed by atoms with E-state index in [4.69, 9.17) is 0 Å². The number of benzene rings is 3. The molecule has 1 unspecified atom stereocenters. The highest BCUT2D eigenvalue weighted by molar-refractivity contribution is 8.00. The molecule has 6 nitrogen and oxygen atoms in total. The average molecular weight is 462 g/mol. The topological polar surface area (TPSA) is 87.3 Å². The molecule has 0 fully saturated rings. The van der Waals surface area contributed by atoms with Gasteiger partial charge in [0.1, 0.15) is 0 Å². The molecular formula is C26H27N3O3S. The summed E-state index contributed by atoms with van der Waals surface area (Å²) < 4.78 is 0. The fraction of sp³-hybridized carbons (Fsp3) is 0.192. The van der Waals surface area contributed by atoms with Crippen molar-refractivity contribution in [2.75, 3.05) is 16.0 Å². The van der Waals surface area contributed by atoms with Crippen molar-refractivity contribution in [1.82, 2.24) is 0 Å². The first kappa shape index (κ1) is 24.1. The van der Waals surface area contributed by atoms with E-state index < -0.39 is 0 Å².